The molecular weight excluding hydrogens is 484 g/mol. The smallest absolute Gasteiger partial charge is 0.262 e. The maximum Gasteiger partial charge on any atom is 0.262 e. The summed E-state index contributed by atoms with van der Waals surface area (Å²) in [6.45, 7) is 3.40. The number of amides is 2. The SMILES string of the molecule is CC1=NN(c2ccccc2)C(=O)[C@H]1/C(=N\O)c1ccc(/C(=N/O)[C@@H]2C(=O)N(c3ccccc3)N=C2C)cc1. The van der Waals surface area contributed by atoms with Gasteiger partial charge in [-0.1, -0.05) is 71.0 Å². The van der Waals surface area contributed by atoms with E-state index < -0.39 is 11.8 Å². The third kappa shape index (κ3) is 4.21. The standard InChI is InChI=1S/C28H24N6O4/c1-17-23(27(35)33(29-17)21-9-5-3-6-10-21)25(31-37)19-13-15-20(16-14-19)26(32-38)24-18(2)30-34(28(24)36)22-11-7-4-8-12-22/h3-16,23-24,37-38H,1-2H3/b31-25-,32-26-/t23-,24-/m1/s1. The number of benzene rings is 3. The summed E-state index contributed by atoms with van der Waals surface area (Å²) < 4.78 is 0. The lowest BCUT2D eigenvalue weighted by Gasteiger charge is -2.17. The number of carbonyl (C=O) groups is 2. The molecule has 0 radical (unpaired) electrons. The molecule has 3 aromatic carbocycles. The Morgan fingerprint density at radius 3 is 1.29 bits per heavy atom. The van der Waals surface area contributed by atoms with Crippen LogP contribution in [0.2, 0.25) is 0 Å². The van der Waals surface area contributed by atoms with E-state index >= 15 is 0 Å². The fourth-order valence-corrected chi connectivity index (χ4v) is 4.65. The number of hydrogen-bond acceptors (Lipinski definition) is 8. The van der Waals surface area contributed by atoms with Crippen molar-refractivity contribution >= 4 is 46.0 Å². The van der Waals surface area contributed by atoms with Crippen LogP contribution in [0.5, 0.6) is 0 Å². The highest BCUT2D eigenvalue weighted by Crippen LogP contribution is 2.29. The van der Waals surface area contributed by atoms with Crippen molar-refractivity contribution in [2.45, 2.75) is 13.8 Å². The Hall–Kier alpha value is -5.12. The molecule has 0 saturated carbocycles. The second-order valence-corrected chi connectivity index (χ2v) is 8.87. The molecule has 0 aliphatic carbocycles. The Kier molecular flexibility index (Phi) is 6.53. The van der Waals surface area contributed by atoms with Crippen molar-refractivity contribution in [2.75, 3.05) is 10.0 Å². The summed E-state index contributed by atoms with van der Waals surface area (Å²) in [7, 11) is 0. The van der Waals surface area contributed by atoms with Crippen molar-refractivity contribution in [1.29, 1.82) is 0 Å². The summed E-state index contributed by atoms with van der Waals surface area (Å²) in [6.07, 6.45) is 0. The monoisotopic (exact) mass is 508 g/mol. The van der Waals surface area contributed by atoms with Gasteiger partial charge in [0.1, 0.15) is 23.3 Å². The van der Waals surface area contributed by atoms with Crippen molar-refractivity contribution in [3.05, 3.63) is 96.1 Å². The van der Waals surface area contributed by atoms with E-state index in [0.29, 0.717) is 33.9 Å². The van der Waals surface area contributed by atoms with Gasteiger partial charge in [0.2, 0.25) is 0 Å². The summed E-state index contributed by atoms with van der Waals surface area (Å²) in [4.78, 5) is 26.4. The minimum absolute atomic E-state index is 0.133. The molecule has 2 aliphatic heterocycles. The van der Waals surface area contributed by atoms with Gasteiger partial charge in [-0.05, 0) is 38.1 Å². The first-order valence-corrected chi connectivity index (χ1v) is 11.9. The zero-order valence-corrected chi connectivity index (χ0v) is 20.6. The van der Waals surface area contributed by atoms with Crippen molar-refractivity contribution in [3.8, 4) is 0 Å². The van der Waals surface area contributed by atoms with Gasteiger partial charge < -0.3 is 10.4 Å². The van der Waals surface area contributed by atoms with Gasteiger partial charge in [0, 0.05) is 11.1 Å². The summed E-state index contributed by atoms with van der Waals surface area (Å²) in [5, 5.41) is 38.0. The highest BCUT2D eigenvalue weighted by molar-refractivity contribution is 6.33. The van der Waals surface area contributed by atoms with Crippen LogP contribution in [0.15, 0.2) is 105 Å². The van der Waals surface area contributed by atoms with Crippen LogP contribution in [0, 0.1) is 11.8 Å². The molecule has 2 N–H and O–H groups in total. The number of carbonyl (C=O) groups excluding carboxylic acids is 2. The Balaban J connectivity index is 1.39. The molecule has 2 heterocycles. The van der Waals surface area contributed by atoms with Crippen molar-refractivity contribution < 1.29 is 20.0 Å². The van der Waals surface area contributed by atoms with Crippen molar-refractivity contribution in [2.24, 2.45) is 32.4 Å². The lowest BCUT2D eigenvalue weighted by molar-refractivity contribution is -0.119. The second kappa shape index (κ2) is 10.1. The van der Waals surface area contributed by atoms with E-state index in [2.05, 4.69) is 20.5 Å². The Morgan fingerprint density at radius 1 is 0.632 bits per heavy atom. The molecule has 10 nitrogen and oxygen atoms in total. The number of nitrogens with zero attached hydrogens (tertiary/aromatic N) is 6. The zero-order chi connectivity index (χ0) is 26.8. The Labute approximate surface area is 218 Å². The van der Waals surface area contributed by atoms with Crippen LogP contribution in [-0.4, -0.2) is 45.1 Å². The molecule has 2 aliphatic rings. The van der Waals surface area contributed by atoms with E-state index in [0.717, 1.165) is 0 Å². The third-order valence-electron chi connectivity index (χ3n) is 6.50. The molecule has 3 aromatic rings. The number of anilines is 2. The van der Waals surface area contributed by atoms with E-state index in [4.69, 9.17) is 0 Å². The average Bonchev–Trinajstić information content (AvgIpc) is 3.41. The van der Waals surface area contributed by atoms with Crippen LogP contribution in [0.25, 0.3) is 0 Å². The molecule has 0 fully saturated rings. The van der Waals surface area contributed by atoms with Gasteiger partial charge in [-0.3, -0.25) is 9.59 Å². The molecule has 2 atom stereocenters. The van der Waals surface area contributed by atoms with E-state index in [1.165, 1.54) is 10.0 Å². The summed E-state index contributed by atoms with van der Waals surface area (Å²) >= 11 is 0. The largest absolute Gasteiger partial charge is 0.411 e. The van der Waals surface area contributed by atoms with Gasteiger partial charge >= 0.3 is 0 Å². The minimum atomic E-state index is -0.873. The van der Waals surface area contributed by atoms with Crippen molar-refractivity contribution in [1.82, 2.24) is 0 Å². The first-order chi connectivity index (χ1) is 18.4. The molecule has 0 bridgehead atoms. The van der Waals surface area contributed by atoms with Crippen LogP contribution in [0.3, 0.4) is 0 Å². The van der Waals surface area contributed by atoms with Crippen LogP contribution < -0.4 is 10.0 Å². The Morgan fingerprint density at radius 2 is 0.974 bits per heavy atom. The van der Waals surface area contributed by atoms with E-state index in [-0.39, 0.29) is 23.2 Å². The first kappa shape index (κ1) is 24.6. The highest BCUT2D eigenvalue weighted by Gasteiger charge is 2.40. The van der Waals surface area contributed by atoms with Gasteiger partial charge in [-0.2, -0.15) is 20.2 Å². The molecule has 2 amide bonds. The van der Waals surface area contributed by atoms with Gasteiger partial charge in [0.15, 0.2) is 0 Å². The molecule has 0 aromatic heterocycles. The van der Waals surface area contributed by atoms with Crippen molar-refractivity contribution in [3.63, 3.8) is 0 Å². The Bertz CT molecular complexity index is 1380. The number of hydrazone groups is 2. The lowest BCUT2D eigenvalue weighted by Crippen LogP contribution is -2.34. The first-order valence-electron chi connectivity index (χ1n) is 11.9. The fraction of sp³-hybridized carbons (Fsp3) is 0.143. The van der Waals surface area contributed by atoms with Crippen LogP contribution in [-0.2, 0) is 9.59 Å². The maximum atomic E-state index is 13.2. The number of oxime groups is 2. The van der Waals surface area contributed by atoms with Crippen LogP contribution in [0.4, 0.5) is 11.4 Å². The fourth-order valence-electron chi connectivity index (χ4n) is 4.65. The normalized spacial score (nSPS) is 20.2. The van der Waals surface area contributed by atoms with E-state index in [1.807, 2.05) is 12.1 Å². The topological polar surface area (TPSA) is 131 Å². The minimum Gasteiger partial charge on any atom is -0.411 e. The predicted octanol–water partition coefficient (Wildman–Crippen LogP) is 4.12. The molecule has 5 rings (SSSR count). The zero-order valence-electron chi connectivity index (χ0n) is 20.6. The number of para-hydroxylation sites is 2. The molecule has 190 valence electrons. The van der Waals surface area contributed by atoms with E-state index in [1.54, 1.807) is 86.6 Å². The molecule has 0 spiro atoms. The highest BCUT2D eigenvalue weighted by atomic mass is 16.4. The average molecular weight is 509 g/mol. The van der Waals surface area contributed by atoms with E-state index in [9.17, 15) is 20.0 Å². The van der Waals surface area contributed by atoms with Crippen LogP contribution in [0.1, 0.15) is 25.0 Å². The molecule has 0 unspecified atom stereocenters. The lowest BCUT2D eigenvalue weighted by atomic mass is 9.89. The number of hydrogen-bond donors (Lipinski definition) is 2. The quantitative estimate of drug-likeness (QED) is 0.295. The number of rotatable bonds is 6. The summed E-state index contributed by atoms with van der Waals surface area (Å²) in [5.41, 5.74) is 3.41. The van der Waals surface area contributed by atoms with Gasteiger partial charge in [0.25, 0.3) is 11.8 Å². The van der Waals surface area contributed by atoms with Gasteiger partial charge in [0.05, 0.1) is 22.8 Å². The molecule has 0 saturated heterocycles. The summed E-state index contributed by atoms with van der Waals surface area (Å²) in [5.74, 6) is -2.43. The predicted molar refractivity (Wildman–Crippen MR) is 144 cm³/mol. The second-order valence-electron chi connectivity index (χ2n) is 8.87. The van der Waals surface area contributed by atoms with Crippen LogP contribution >= 0.6 is 0 Å². The maximum absolute atomic E-state index is 13.2. The molecule has 38 heavy (non-hydrogen) atoms. The van der Waals surface area contributed by atoms with Gasteiger partial charge in [-0.15, -0.1) is 0 Å². The third-order valence-corrected chi connectivity index (χ3v) is 6.50. The molecule has 10 heteroatoms. The van der Waals surface area contributed by atoms with Gasteiger partial charge in [-0.25, -0.2) is 0 Å². The molecular formula is C28H24N6O4. The summed E-state index contributed by atoms with van der Waals surface area (Å²) in [6, 6.07) is 24.6.